The molecule has 0 fully saturated rings. The van der Waals surface area contributed by atoms with E-state index in [1.165, 1.54) is 24.0 Å². The van der Waals surface area contributed by atoms with E-state index in [4.69, 9.17) is 4.74 Å². The van der Waals surface area contributed by atoms with E-state index in [0.29, 0.717) is 0 Å². The van der Waals surface area contributed by atoms with Crippen LogP contribution in [0.25, 0.3) is 0 Å². The Hall–Kier alpha value is -0.860. The van der Waals surface area contributed by atoms with Crippen LogP contribution in [0.15, 0.2) is 18.2 Å². The SMILES string of the molecule is CCC(C)(OC)C(O)c1ccc2c(c1)CCC2. The van der Waals surface area contributed by atoms with Gasteiger partial charge in [-0.05, 0) is 49.3 Å². The third-order valence-corrected chi connectivity index (χ3v) is 4.19. The molecule has 0 amide bonds. The summed E-state index contributed by atoms with van der Waals surface area (Å²) in [4.78, 5) is 0. The van der Waals surface area contributed by atoms with Crippen LogP contribution in [0, 0.1) is 0 Å². The van der Waals surface area contributed by atoms with Crippen LogP contribution >= 0.6 is 0 Å². The van der Waals surface area contributed by atoms with E-state index >= 15 is 0 Å². The summed E-state index contributed by atoms with van der Waals surface area (Å²) in [5.41, 5.74) is 3.33. The Balaban J connectivity index is 2.28. The van der Waals surface area contributed by atoms with Gasteiger partial charge in [-0.15, -0.1) is 0 Å². The zero-order valence-electron chi connectivity index (χ0n) is 11.0. The van der Waals surface area contributed by atoms with Gasteiger partial charge in [-0.3, -0.25) is 0 Å². The summed E-state index contributed by atoms with van der Waals surface area (Å²) >= 11 is 0. The lowest BCUT2D eigenvalue weighted by atomic mass is 9.89. The average molecular weight is 234 g/mol. The van der Waals surface area contributed by atoms with E-state index in [1.54, 1.807) is 7.11 Å². The molecule has 0 bridgehead atoms. The summed E-state index contributed by atoms with van der Waals surface area (Å²) in [7, 11) is 1.67. The lowest BCUT2D eigenvalue weighted by molar-refractivity contribution is -0.0944. The predicted octanol–water partition coefficient (Wildman–Crippen LogP) is 3.02. The maximum Gasteiger partial charge on any atom is 0.108 e. The van der Waals surface area contributed by atoms with E-state index in [0.717, 1.165) is 18.4 Å². The van der Waals surface area contributed by atoms with Gasteiger partial charge in [0, 0.05) is 7.11 Å². The summed E-state index contributed by atoms with van der Waals surface area (Å²) in [5.74, 6) is 0. The number of hydrogen-bond acceptors (Lipinski definition) is 2. The maximum atomic E-state index is 10.4. The molecule has 2 rings (SSSR count). The van der Waals surface area contributed by atoms with Crippen molar-refractivity contribution in [2.45, 2.75) is 51.2 Å². The van der Waals surface area contributed by atoms with Crippen molar-refractivity contribution in [3.63, 3.8) is 0 Å². The van der Waals surface area contributed by atoms with Crippen molar-refractivity contribution in [2.75, 3.05) is 7.11 Å². The van der Waals surface area contributed by atoms with Gasteiger partial charge in [0.15, 0.2) is 0 Å². The Morgan fingerprint density at radius 2 is 2.06 bits per heavy atom. The summed E-state index contributed by atoms with van der Waals surface area (Å²) in [5, 5.41) is 10.4. The van der Waals surface area contributed by atoms with Crippen LogP contribution in [-0.4, -0.2) is 17.8 Å². The van der Waals surface area contributed by atoms with E-state index in [-0.39, 0.29) is 0 Å². The maximum absolute atomic E-state index is 10.4. The standard InChI is InChI=1S/C15H22O2/c1-4-15(2,17-3)14(16)13-9-8-11-6-5-7-12(11)10-13/h8-10,14,16H,4-7H2,1-3H3. The molecule has 1 aromatic rings. The second-order valence-electron chi connectivity index (χ2n) is 5.15. The number of benzene rings is 1. The molecule has 0 radical (unpaired) electrons. The molecule has 2 nitrogen and oxygen atoms in total. The minimum absolute atomic E-state index is 0.493. The van der Waals surface area contributed by atoms with Crippen molar-refractivity contribution in [1.82, 2.24) is 0 Å². The number of aryl methyl sites for hydroxylation is 2. The fraction of sp³-hybridized carbons (Fsp3) is 0.600. The topological polar surface area (TPSA) is 29.5 Å². The van der Waals surface area contributed by atoms with Gasteiger partial charge in [-0.25, -0.2) is 0 Å². The molecule has 0 saturated carbocycles. The van der Waals surface area contributed by atoms with Gasteiger partial charge in [-0.2, -0.15) is 0 Å². The summed E-state index contributed by atoms with van der Waals surface area (Å²) in [6, 6.07) is 6.36. The summed E-state index contributed by atoms with van der Waals surface area (Å²) in [6.07, 6.45) is 3.81. The predicted molar refractivity (Wildman–Crippen MR) is 69.1 cm³/mol. The Morgan fingerprint density at radius 3 is 2.71 bits per heavy atom. The molecule has 1 N–H and O–H groups in total. The molecule has 94 valence electrons. The van der Waals surface area contributed by atoms with Crippen molar-refractivity contribution in [3.05, 3.63) is 34.9 Å². The van der Waals surface area contributed by atoms with Crippen LogP contribution in [0.5, 0.6) is 0 Å². The molecule has 2 heteroatoms. The largest absolute Gasteiger partial charge is 0.385 e. The molecule has 1 aliphatic carbocycles. The fourth-order valence-corrected chi connectivity index (χ4v) is 2.56. The Labute approximate surface area is 104 Å². The van der Waals surface area contributed by atoms with E-state index in [1.807, 2.05) is 19.9 Å². The van der Waals surface area contributed by atoms with Gasteiger partial charge in [0.25, 0.3) is 0 Å². The Bertz CT molecular complexity index is 394. The molecule has 0 heterocycles. The monoisotopic (exact) mass is 234 g/mol. The highest BCUT2D eigenvalue weighted by atomic mass is 16.5. The molecule has 0 saturated heterocycles. The van der Waals surface area contributed by atoms with Crippen molar-refractivity contribution in [2.24, 2.45) is 0 Å². The first kappa shape index (κ1) is 12.6. The van der Waals surface area contributed by atoms with Crippen molar-refractivity contribution >= 4 is 0 Å². The van der Waals surface area contributed by atoms with Crippen molar-refractivity contribution in [1.29, 1.82) is 0 Å². The fourth-order valence-electron chi connectivity index (χ4n) is 2.56. The molecule has 0 aliphatic heterocycles. The van der Waals surface area contributed by atoms with Crippen LogP contribution in [0.2, 0.25) is 0 Å². The second-order valence-corrected chi connectivity index (χ2v) is 5.15. The second kappa shape index (κ2) is 4.79. The first-order chi connectivity index (χ1) is 8.10. The van der Waals surface area contributed by atoms with E-state index in [9.17, 15) is 5.11 Å². The molecule has 0 aromatic heterocycles. The zero-order chi connectivity index (χ0) is 12.5. The molecule has 0 spiro atoms. The Kier molecular flexibility index (Phi) is 3.55. The molecule has 17 heavy (non-hydrogen) atoms. The number of methoxy groups -OCH3 is 1. The molecular formula is C15H22O2. The highest BCUT2D eigenvalue weighted by molar-refractivity contribution is 5.36. The van der Waals surface area contributed by atoms with Crippen LogP contribution in [0.1, 0.15) is 49.5 Å². The number of aliphatic hydroxyl groups is 1. The minimum Gasteiger partial charge on any atom is -0.385 e. The number of aliphatic hydroxyl groups excluding tert-OH is 1. The van der Waals surface area contributed by atoms with E-state index in [2.05, 4.69) is 12.1 Å². The number of ether oxygens (including phenoxy) is 1. The molecule has 2 atom stereocenters. The lowest BCUT2D eigenvalue weighted by Gasteiger charge is -2.32. The summed E-state index contributed by atoms with van der Waals surface area (Å²) < 4.78 is 5.47. The highest BCUT2D eigenvalue weighted by Gasteiger charge is 2.32. The number of hydrogen-bond donors (Lipinski definition) is 1. The molecule has 2 unspecified atom stereocenters. The van der Waals surface area contributed by atoms with Gasteiger partial charge < -0.3 is 9.84 Å². The van der Waals surface area contributed by atoms with Crippen molar-refractivity contribution < 1.29 is 9.84 Å². The average Bonchev–Trinajstić information content (AvgIpc) is 2.84. The molecule has 1 aromatic carbocycles. The van der Waals surface area contributed by atoms with Gasteiger partial charge in [0.2, 0.25) is 0 Å². The first-order valence-electron chi connectivity index (χ1n) is 6.45. The van der Waals surface area contributed by atoms with Crippen LogP contribution in [0.3, 0.4) is 0 Å². The molecule has 1 aliphatic rings. The smallest absolute Gasteiger partial charge is 0.108 e. The van der Waals surface area contributed by atoms with Crippen molar-refractivity contribution in [3.8, 4) is 0 Å². The van der Waals surface area contributed by atoms with Gasteiger partial charge >= 0.3 is 0 Å². The lowest BCUT2D eigenvalue weighted by Crippen LogP contribution is -2.34. The van der Waals surface area contributed by atoms with Gasteiger partial charge in [-0.1, -0.05) is 25.1 Å². The highest BCUT2D eigenvalue weighted by Crippen LogP contribution is 2.33. The summed E-state index contributed by atoms with van der Waals surface area (Å²) in [6.45, 7) is 4.00. The third kappa shape index (κ3) is 2.24. The van der Waals surface area contributed by atoms with Gasteiger partial charge in [0.1, 0.15) is 6.10 Å². The van der Waals surface area contributed by atoms with Crippen LogP contribution in [0.4, 0.5) is 0 Å². The Morgan fingerprint density at radius 1 is 1.35 bits per heavy atom. The van der Waals surface area contributed by atoms with Crippen LogP contribution < -0.4 is 0 Å². The normalized spacial score (nSPS) is 19.8. The zero-order valence-corrected chi connectivity index (χ0v) is 11.0. The minimum atomic E-state index is -0.552. The van der Waals surface area contributed by atoms with Crippen LogP contribution in [-0.2, 0) is 17.6 Å². The number of rotatable bonds is 4. The third-order valence-electron chi connectivity index (χ3n) is 4.19. The quantitative estimate of drug-likeness (QED) is 0.867. The first-order valence-corrected chi connectivity index (χ1v) is 6.45. The van der Waals surface area contributed by atoms with Gasteiger partial charge in [0.05, 0.1) is 5.60 Å². The van der Waals surface area contributed by atoms with E-state index < -0.39 is 11.7 Å². The number of fused-ring (bicyclic) bond motifs is 1. The molecular weight excluding hydrogens is 212 g/mol.